The lowest BCUT2D eigenvalue weighted by atomic mass is 9.78. The lowest BCUT2D eigenvalue weighted by Crippen LogP contribution is -2.54. The van der Waals surface area contributed by atoms with Crippen molar-refractivity contribution >= 4 is 62.7 Å². The molecule has 2 unspecified atom stereocenters. The van der Waals surface area contributed by atoms with Gasteiger partial charge in [0.2, 0.25) is 11.8 Å². The molecule has 310 valence electrons. The van der Waals surface area contributed by atoms with Crippen LogP contribution in [0.1, 0.15) is 81.7 Å². The Morgan fingerprint density at radius 3 is 2.39 bits per heavy atom. The first-order valence-corrected chi connectivity index (χ1v) is 21.7. The Morgan fingerprint density at radius 1 is 0.949 bits per heavy atom. The Hall–Kier alpha value is -5.95. The van der Waals surface area contributed by atoms with Crippen molar-refractivity contribution in [1.82, 2.24) is 35.3 Å². The number of urea groups is 1. The van der Waals surface area contributed by atoms with E-state index in [1.807, 2.05) is 15.9 Å². The van der Waals surface area contributed by atoms with Crippen LogP contribution >= 0.6 is 0 Å². The molecule has 59 heavy (non-hydrogen) atoms. The third-order valence-corrected chi connectivity index (χ3v) is 13.3. The first-order chi connectivity index (χ1) is 28.2. The van der Waals surface area contributed by atoms with Gasteiger partial charge in [0.05, 0.1) is 22.2 Å². The summed E-state index contributed by atoms with van der Waals surface area (Å²) >= 11 is 0. The fourth-order valence-corrected chi connectivity index (χ4v) is 9.55. The van der Waals surface area contributed by atoms with E-state index in [9.17, 15) is 37.2 Å². The molecule has 1 spiro atoms. The number of piperidine rings is 3. The Labute approximate surface area is 340 Å². The number of nitrogens with one attached hydrogen (secondary N) is 3. The number of likely N-dealkylation sites (tertiary alicyclic amines) is 2. The average molecular weight is 827 g/mol. The molecule has 5 aliphatic rings. The topological polar surface area (TPSA) is 237 Å². The molecular formula is C40H46N10O8S. The third-order valence-electron chi connectivity index (χ3n) is 12.2. The minimum atomic E-state index is -3.38. The van der Waals surface area contributed by atoms with Crippen LogP contribution < -0.4 is 26.6 Å². The van der Waals surface area contributed by atoms with Crippen LogP contribution in [0.5, 0.6) is 0 Å². The minimum absolute atomic E-state index is 0.0615. The molecule has 18 nitrogen and oxygen atoms in total. The van der Waals surface area contributed by atoms with Gasteiger partial charge in [-0.25, -0.2) is 23.2 Å². The van der Waals surface area contributed by atoms with Crippen LogP contribution in [0.4, 0.5) is 22.1 Å². The summed E-state index contributed by atoms with van der Waals surface area (Å²) < 4.78 is 23.8. The minimum Gasteiger partial charge on any atom is -0.364 e. The van der Waals surface area contributed by atoms with Gasteiger partial charge in [0, 0.05) is 63.7 Å². The number of hydrogen-bond acceptors (Lipinski definition) is 13. The molecule has 2 atom stereocenters. The number of nitrogens with two attached hydrogens (primary N) is 1. The average Bonchev–Trinajstić information content (AvgIpc) is 3.70. The van der Waals surface area contributed by atoms with E-state index in [-0.39, 0.29) is 57.9 Å². The second-order valence-corrected chi connectivity index (χ2v) is 18.2. The van der Waals surface area contributed by atoms with Crippen molar-refractivity contribution < 1.29 is 37.2 Å². The lowest BCUT2D eigenvalue weighted by molar-refractivity contribution is -0.136. The van der Waals surface area contributed by atoms with Crippen molar-refractivity contribution in [3.8, 4) is 0 Å². The fraction of sp³-hybridized carbons (Fsp3) is 0.450. The molecule has 0 radical (unpaired) electrons. The van der Waals surface area contributed by atoms with Gasteiger partial charge in [-0.1, -0.05) is 6.07 Å². The highest BCUT2D eigenvalue weighted by molar-refractivity contribution is 7.90. The second-order valence-electron chi connectivity index (χ2n) is 16.2. The molecule has 6 heterocycles. The van der Waals surface area contributed by atoms with Gasteiger partial charge in [0.15, 0.2) is 21.3 Å². The number of aromatic nitrogens is 2. The summed E-state index contributed by atoms with van der Waals surface area (Å²) in [5.41, 5.74) is 7.54. The summed E-state index contributed by atoms with van der Waals surface area (Å²) in [5.74, 6) is -2.21. The first kappa shape index (κ1) is 39.9. The van der Waals surface area contributed by atoms with E-state index < -0.39 is 45.4 Å². The van der Waals surface area contributed by atoms with Crippen LogP contribution in [0, 0.1) is 5.41 Å². The van der Waals surface area contributed by atoms with Gasteiger partial charge < -0.3 is 26.2 Å². The van der Waals surface area contributed by atoms with E-state index in [2.05, 4.69) is 30.8 Å². The van der Waals surface area contributed by atoms with E-state index >= 15 is 0 Å². The number of amides is 7. The number of primary amides is 1. The van der Waals surface area contributed by atoms with Crippen molar-refractivity contribution in [2.24, 2.45) is 11.1 Å². The maximum absolute atomic E-state index is 13.5. The molecule has 19 heteroatoms. The number of fused-ring (bicyclic) bond motifs is 1. The quantitative estimate of drug-likeness (QED) is 0.226. The van der Waals surface area contributed by atoms with E-state index in [0.717, 1.165) is 61.9 Å². The summed E-state index contributed by atoms with van der Waals surface area (Å²) in [6.07, 6.45) is 7.08. The standard InChI is InChI=1S/C40H46N10O8S/c1-59(57,58)27-7-5-25(6-8-27)43-35-33(34(41)52)42-20-31(45-35)49-15-2-3-26(22-49)44-39(56)48-17-13-40(14-18-48)12-16-47(23-40)21-24-4-9-28-29(19-24)38(55)50(37(28)54)30-10-11-32(51)46-36(30)53/h4-9,19-20,26,30H,2-3,10-18,21-23H2,1H3,(H2,41,52)(H,43,45)(H,44,56)(H,46,51,53). The van der Waals surface area contributed by atoms with Crippen LogP contribution in [0.3, 0.4) is 0 Å². The first-order valence-electron chi connectivity index (χ1n) is 19.8. The number of sulfone groups is 1. The number of hydrogen-bond donors (Lipinski definition) is 4. The zero-order valence-electron chi connectivity index (χ0n) is 32.6. The molecule has 4 saturated heterocycles. The third kappa shape index (κ3) is 8.21. The molecule has 2 aromatic carbocycles. The van der Waals surface area contributed by atoms with Gasteiger partial charge in [0.1, 0.15) is 11.9 Å². The van der Waals surface area contributed by atoms with Crippen LogP contribution in [-0.4, -0.2) is 126 Å². The Morgan fingerprint density at radius 2 is 1.68 bits per heavy atom. The summed E-state index contributed by atoms with van der Waals surface area (Å²) in [4.78, 5) is 92.6. The fourth-order valence-electron chi connectivity index (χ4n) is 8.92. The molecular weight excluding hydrogens is 781 g/mol. The van der Waals surface area contributed by atoms with E-state index in [1.54, 1.807) is 24.3 Å². The predicted octanol–water partition coefficient (Wildman–Crippen LogP) is 1.79. The highest BCUT2D eigenvalue weighted by atomic mass is 32.2. The predicted molar refractivity (Wildman–Crippen MR) is 213 cm³/mol. The van der Waals surface area contributed by atoms with E-state index in [1.165, 1.54) is 18.3 Å². The monoisotopic (exact) mass is 826 g/mol. The highest BCUT2D eigenvalue weighted by Gasteiger charge is 2.45. The van der Waals surface area contributed by atoms with E-state index in [0.29, 0.717) is 44.2 Å². The Bertz CT molecular complexity index is 2350. The van der Waals surface area contributed by atoms with Crippen LogP contribution in [-0.2, 0) is 26.0 Å². The van der Waals surface area contributed by atoms with Crippen molar-refractivity contribution in [2.45, 2.75) is 68.5 Å². The molecule has 1 aromatic heterocycles. The number of carbonyl (C=O) groups excluding carboxylic acids is 6. The van der Waals surface area contributed by atoms with Gasteiger partial charge >= 0.3 is 6.03 Å². The Kier molecular flexibility index (Phi) is 10.6. The van der Waals surface area contributed by atoms with E-state index in [4.69, 9.17) is 5.73 Å². The largest absolute Gasteiger partial charge is 0.364 e. The molecule has 3 aromatic rings. The molecule has 7 amide bonds. The Balaban J connectivity index is 0.836. The molecule has 0 aliphatic carbocycles. The molecule has 0 bridgehead atoms. The normalized spacial score (nSPS) is 22.1. The number of anilines is 3. The maximum Gasteiger partial charge on any atom is 0.317 e. The van der Waals surface area contributed by atoms with Gasteiger partial charge in [-0.15, -0.1) is 0 Å². The van der Waals surface area contributed by atoms with Gasteiger partial charge in [0.25, 0.3) is 17.7 Å². The smallest absolute Gasteiger partial charge is 0.317 e. The van der Waals surface area contributed by atoms with Gasteiger partial charge in [-0.2, -0.15) is 0 Å². The molecule has 8 rings (SSSR count). The van der Waals surface area contributed by atoms with Gasteiger partial charge in [-0.3, -0.25) is 39.1 Å². The number of carbonyl (C=O) groups is 6. The van der Waals surface area contributed by atoms with Crippen LogP contribution in [0.25, 0.3) is 0 Å². The highest BCUT2D eigenvalue weighted by Crippen LogP contribution is 2.41. The summed E-state index contributed by atoms with van der Waals surface area (Å²) in [5, 5.41) is 8.49. The molecule has 5 N–H and O–H groups in total. The number of imide groups is 2. The van der Waals surface area contributed by atoms with Crippen molar-refractivity contribution in [3.05, 3.63) is 71.0 Å². The number of nitrogens with zero attached hydrogens (tertiary/aromatic N) is 6. The number of rotatable bonds is 9. The molecule has 4 fully saturated rings. The SMILES string of the molecule is CS(=O)(=O)c1ccc(Nc2nc(N3CCCC(NC(=O)N4CCC5(CCN(Cc6ccc7c(c6)C(=O)N(C6CCC(=O)NC6=O)C7=O)C5)CC4)C3)cnc2C(N)=O)cc1. The summed E-state index contributed by atoms with van der Waals surface area (Å²) in [7, 11) is -3.38. The van der Waals surface area contributed by atoms with Crippen molar-refractivity contribution in [1.29, 1.82) is 0 Å². The van der Waals surface area contributed by atoms with Gasteiger partial charge in [-0.05, 0) is 92.4 Å². The van der Waals surface area contributed by atoms with Crippen molar-refractivity contribution in [3.63, 3.8) is 0 Å². The number of benzene rings is 2. The maximum atomic E-state index is 13.5. The van der Waals surface area contributed by atoms with Crippen LogP contribution in [0.2, 0.25) is 0 Å². The summed E-state index contributed by atoms with van der Waals surface area (Å²) in [6, 6.07) is 10.0. The summed E-state index contributed by atoms with van der Waals surface area (Å²) in [6.45, 7) is 4.73. The van der Waals surface area contributed by atoms with Crippen LogP contribution in [0.15, 0.2) is 53.6 Å². The zero-order valence-corrected chi connectivity index (χ0v) is 33.4. The molecule has 0 saturated carbocycles. The second kappa shape index (κ2) is 15.7. The van der Waals surface area contributed by atoms with Crippen molar-refractivity contribution in [2.75, 3.05) is 55.7 Å². The zero-order chi connectivity index (χ0) is 41.6. The molecule has 5 aliphatic heterocycles. The lowest BCUT2D eigenvalue weighted by Gasteiger charge is -2.40.